The average Bonchev–Trinajstić information content (AvgIpc) is 3.21. The third-order valence-electron chi connectivity index (χ3n) is 8.06. The van der Waals surface area contributed by atoms with Crippen LogP contribution in [0.1, 0.15) is 129 Å². The van der Waals surface area contributed by atoms with Crippen LogP contribution in [0.15, 0.2) is 134 Å². The van der Waals surface area contributed by atoms with Crippen LogP contribution in [-0.4, -0.2) is 49.9 Å². The smallest absolute Gasteiger partial charge is 0.457 e. The minimum atomic E-state index is -4.31. The van der Waals surface area contributed by atoms with Gasteiger partial charge in [0.1, 0.15) is 6.10 Å². The molecule has 2 atom stereocenters. The van der Waals surface area contributed by atoms with Crippen molar-refractivity contribution in [2.45, 2.75) is 136 Å². The molecule has 0 aliphatic heterocycles. The van der Waals surface area contributed by atoms with Gasteiger partial charge in [0.05, 0.1) is 19.8 Å². The number of esters is 1. The molecule has 0 radical (unpaired) electrons. The van der Waals surface area contributed by atoms with Crippen LogP contribution in [0.5, 0.6) is 0 Å². The Kier molecular flexibility index (Phi) is 42.1. The van der Waals surface area contributed by atoms with E-state index in [4.69, 9.17) is 24.3 Å². The van der Waals surface area contributed by atoms with Gasteiger partial charge < -0.3 is 20.1 Å². The third kappa shape index (κ3) is 43.8. The molecule has 0 amide bonds. The van der Waals surface area contributed by atoms with Gasteiger partial charge in [-0.1, -0.05) is 154 Å². The Morgan fingerprint density at radius 1 is 0.517 bits per heavy atom. The van der Waals surface area contributed by atoms with Crippen LogP contribution < -0.4 is 5.73 Å². The van der Waals surface area contributed by atoms with E-state index in [1.54, 1.807) is 0 Å². The van der Waals surface area contributed by atoms with E-state index in [-0.39, 0.29) is 38.8 Å². The lowest BCUT2D eigenvalue weighted by Gasteiger charge is -2.20. The summed E-state index contributed by atoms with van der Waals surface area (Å²) in [6, 6.07) is 0. The maximum Gasteiger partial charge on any atom is 0.472 e. The normalized spacial score (nSPS) is 14.8. The zero-order valence-corrected chi connectivity index (χ0v) is 36.9. The lowest BCUT2D eigenvalue weighted by molar-refractivity contribution is -0.154. The van der Waals surface area contributed by atoms with Crippen LogP contribution >= 0.6 is 7.82 Å². The Balaban J connectivity index is 4.26. The first kappa shape index (κ1) is 54.6. The van der Waals surface area contributed by atoms with Gasteiger partial charge in [-0.3, -0.25) is 13.8 Å². The molecular formula is C49H78NO7P. The first-order valence-electron chi connectivity index (χ1n) is 21.7. The van der Waals surface area contributed by atoms with Crippen LogP contribution in [0, 0.1) is 0 Å². The highest BCUT2D eigenvalue weighted by atomic mass is 31.2. The summed E-state index contributed by atoms with van der Waals surface area (Å²) in [5.41, 5.74) is 5.36. The molecular weight excluding hydrogens is 746 g/mol. The standard InChI is InChI=1S/C49H78NO7P/c1-3-5-7-9-11-13-15-17-19-21-23-25-27-29-31-33-35-37-39-41-44-54-46-48(47-56-58(52,53)55-45-43-50)57-49(51)42-40-38-36-34-32-30-28-26-24-22-20-18-16-14-12-10-8-6-4-2/h5-8,11-14,17-20,23-26,29-32,35,37,48H,3-4,9-10,15-16,21-22,27-28,33-34,36,38-47,50H2,1-2H3,(H,52,53)/b7-5-,8-6-,13-11-,14-12-,19-17-,20-18-,25-23-,26-24-,31-29-,32-30-,37-35-. The van der Waals surface area contributed by atoms with Gasteiger partial charge in [-0.05, 0) is 103 Å². The molecule has 0 saturated carbocycles. The SMILES string of the molecule is CC/C=C\C/C=C\C/C=C\C/C=C\C/C=C\C/C=C\CCCOCC(COP(=O)(O)OCCN)OC(=O)CCCCC/C=C\C/C=C\C/C=C\C/C=C\C/C=C\CC. The van der Waals surface area contributed by atoms with E-state index < -0.39 is 13.9 Å². The molecule has 0 fully saturated rings. The Morgan fingerprint density at radius 3 is 1.33 bits per heavy atom. The highest BCUT2D eigenvalue weighted by molar-refractivity contribution is 7.47. The zero-order chi connectivity index (χ0) is 42.3. The van der Waals surface area contributed by atoms with Crippen molar-refractivity contribution >= 4 is 13.8 Å². The largest absolute Gasteiger partial charge is 0.472 e. The van der Waals surface area contributed by atoms with Crippen molar-refractivity contribution in [3.05, 3.63) is 134 Å². The summed E-state index contributed by atoms with van der Waals surface area (Å²) in [6.45, 7) is 4.43. The van der Waals surface area contributed by atoms with Gasteiger partial charge in [0.2, 0.25) is 0 Å². The Hall–Kier alpha value is -3.36. The van der Waals surface area contributed by atoms with Crippen LogP contribution in [0.3, 0.4) is 0 Å². The Labute approximate surface area is 353 Å². The van der Waals surface area contributed by atoms with Crippen molar-refractivity contribution in [3.63, 3.8) is 0 Å². The van der Waals surface area contributed by atoms with Crippen molar-refractivity contribution in [2.75, 3.05) is 33.0 Å². The number of carbonyl (C=O) groups excluding carboxylic acids is 1. The monoisotopic (exact) mass is 824 g/mol. The predicted molar refractivity (Wildman–Crippen MR) is 246 cm³/mol. The molecule has 0 aromatic heterocycles. The van der Waals surface area contributed by atoms with E-state index in [1.165, 1.54) is 0 Å². The second-order valence-corrected chi connectivity index (χ2v) is 14.9. The molecule has 0 aromatic carbocycles. The van der Waals surface area contributed by atoms with Crippen LogP contribution in [0.25, 0.3) is 0 Å². The number of allylic oxidation sites excluding steroid dienone is 22. The van der Waals surface area contributed by atoms with E-state index in [2.05, 4.69) is 148 Å². The van der Waals surface area contributed by atoms with Crippen molar-refractivity contribution < 1.29 is 32.8 Å². The summed E-state index contributed by atoms with van der Waals surface area (Å²) >= 11 is 0. The minimum absolute atomic E-state index is 0.0520. The molecule has 326 valence electrons. The molecule has 0 bridgehead atoms. The van der Waals surface area contributed by atoms with Crippen LogP contribution in [-0.2, 0) is 27.9 Å². The van der Waals surface area contributed by atoms with E-state index in [1.807, 2.05) is 0 Å². The van der Waals surface area contributed by atoms with Crippen LogP contribution in [0.4, 0.5) is 0 Å². The quantitative estimate of drug-likeness (QED) is 0.0272. The van der Waals surface area contributed by atoms with Gasteiger partial charge in [-0.15, -0.1) is 0 Å². The van der Waals surface area contributed by atoms with Crippen molar-refractivity contribution in [1.29, 1.82) is 0 Å². The average molecular weight is 824 g/mol. The first-order chi connectivity index (χ1) is 28.4. The van der Waals surface area contributed by atoms with Crippen LogP contribution in [0.2, 0.25) is 0 Å². The molecule has 9 heteroatoms. The molecule has 0 aromatic rings. The van der Waals surface area contributed by atoms with Gasteiger partial charge in [-0.2, -0.15) is 0 Å². The number of unbranched alkanes of at least 4 members (excludes halogenated alkanes) is 4. The molecule has 3 N–H and O–H groups in total. The fourth-order valence-corrected chi connectivity index (χ4v) is 5.74. The number of ether oxygens (including phenoxy) is 2. The molecule has 0 aliphatic rings. The highest BCUT2D eigenvalue weighted by Gasteiger charge is 2.25. The Morgan fingerprint density at radius 2 is 0.914 bits per heavy atom. The minimum Gasteiger partial charge on any atom is -0.457 e. The highest BCUT2D eigenvalue weighted by Crippen LogP contribution is 2.43. The molecule has 2 unspecified atom stereocenters. The molecule has 0 aliphatic carbocycles. The maximum absolute atomic E-state index is 12.6. The van der Waals surface area contributed by atoms with E-state index in [0.29, 0.717) is 13.0 Å². The molecule has 0 heterocycles. The number of rotatable bonds is 39. The van der Waals surface area contributed by atoms with Crippen molar-refractivity contribution in [1.82, 2.24) is 0 Å². The summed E-state index contributed by atoms with van der Waals surface area (Å²) in [6.07, 6.45) is 63.4. The van der Waals surface area contributed by atoms with E-state index in [0.717, 1.165) is 103 Å². The molecule has 8 nitrogen and oxygen atoms in total. The second kappa shape index (κ2) is 44.7. The summed E-state index contributed by atoms with van der Waals surface area (Å²) in [4.78, 5) is 22.5. The second-order valence-electron chi connectivity index (χ2n) is 13.4. The fourth-order valence-electron chi connectivity index (χ4n) is 4.98. The topological polar surface area (TPSA) is 117 Å². The fraction of sp³-hybridized carbons (Fsp3) is 0.531. The first-order valence-corrected chi connectivity index (χ1v) is 23.2. The van der Waals surface area contributed by atoms with Crippen molar-refractivity contribution in [3.8, 4) is 0 Å². The van der Waals surface area contributed by atoms with E-state index in [9.17, 15) is 14.3 Å². The number of phosphoric ester groups is 1. The number of nitrogens with two attached hydrogens (primary N) is 1. The number of carbonyl (C=O) groups is 1. The van der Waals surface area contributed by atoms with Gasteiger partial charge in [0.25, 0.3) is 0 Å². The lowest BCUT2D eigenvalue weighted by atomic mass is 10.1. The van der Waals surface area contributed by atoms with Gasteiger partial charge in [0, 0.05) is 19.6 Å². The zero-order valence-electron chi connectivity index (χ0n) is 36.0. The third-order valence-corrected chi connectivity index (χ3v) is 9.05. The summed E-state index contributed by atoms with van der Waals surface area (Å²) in [5.74, 6) is -0.388. The number of hydrogen-bond donors (Lipinski definition) is 2. The van der Waals surface area contributed by atoms with Gasteiger partial charge in [0.15, 0.2) is 0 Å². The summed E-state index contributed by atoms with van der Waals surface area (Å²) in [7, 11) is -4.31. The van der Waals surface area contributed by atoms with Gasteiger partial charge >= 0.3 is 13.8 Å². The molecule has 0 spiro atoms. The molecule has 0 saturated heterocycles. The van der Waals surface area contributed by atoms with Gasteiger partial charge in [-0.25, -0.2) is 4.57 Å². The van der Waals surface area contributed by atoms with E-state index >= 15 is 0 Å². The maximum atomic E-state index is 12.6. The van der Waals surface area contributed by atoms with Crippen molar-refractivity contribution in [2.24, 2.45) is 5.73 Å². The number of phosphoric acid groups is 1. The summed E-state index contributed by atoms with van der Waals surface area (Å²) < 4.78 is 33.3. The predicted octanol–water partition coefficient (Wildman–Crippen LogP) is 13.2. The molecule has 58 heavy (non-hydrogen) atoms. The lowest BCUT2D eigenvalue weighted by Crippen LogP contribution is -2.28. The molecule has 0 rings (SSSR count). The number of hydrogen-bond acceptors (Lipinski definition) is 7. The Bertz CT molecular complexity index is 1340. The summed E-state index contributed by atoms with van der Waals surface area (Å²) in [5, 5.41) is 0.